The molecule has 8 nitrogen and oxygen atoms in total. The largest absolute Gasteiger partial charge is 0.468 e. The second kappa shape index (κ2) is 16.2. The summed E-state index contributed by atoms with van der Waals surface area (Å²) >= 11 is 5.90. The molecule has 17 heteroatoms. The van der Waals surface area contributed by atoms with Gasteiger partial charge in [-0.3, -0.25) is 29.0 Å². The zero-order chi connectivity index (χ0) is 37.7. The van der Waals surface area contributed by atoms with E-state index in [1.165, 1.54) is 43.5 Å². The first-order chi connectivity index (χ1) is 23.9. The highest BCUT2D eigenvalue weighted by Crippen LogP contribution is 2.43. The smallest absolute Gasteiger partial charge is 0.351 e. The number of carbonyl (C=O) groups excluding carboxylic acids is 4. The molecule has 268 valence electrons. The van der Waals surface area contributed by atoms with Crippen molar-refractivity contribution < 1.29 is 54.4 Å². The van der Waals surface area contributed by atoms with Crippen LogP contribution < -0.4 is 0 Å². The van der Waals surface area contributed by atoms with Crippen molar-refractivity contribution in [3.05, 3.63) is 131 Å². The molecule has 2 aliphatic rings. The van der Waals surface area contributed by atoms with Crippen LogP contribution in [0.2, 0.25) is 0 Å². The van der Waals surface area contributed by atoms with E-state index >= 15 is 0 Å². The highest BCUT2D eigenvalue weighted by atomic mass is 79.9. The summed E-state index contributed by atoms with van der Waals surface area (Å²) in [7, 11) is 0. The SMILES string of the molecule is Cc1occc1S.Cc1occc1SC(F)(F)/C(F)=C/CN1C(=O)c2ccccc2C1=O.O=C1c2ccccc2C(=O)N1C/C=C(\F)C(F)(F)Br. The number of rotatable bonds is 8. The van der Waals surface area contributed by atoms with Crippen molar-refractivity contribution in [3.63, 3.8) is 0 Å². The van der Waals surface area contributed by atoms with E-state index < -0.39 is 58.5 Å². The minimum Gasteiger partial charge on any atom is -0.468 e. The predicted octanol–water partition coefficient (Wildman–Crippen LogP) is 9.42. The van der Waals surface area contributed by atoms with E-state index in [0.29, 0.717) is 17.1 Å². The second-order valence-corrected chi connectivity index (χ2v) is 13.1. The van der Waals surface area contributed by atoms with Gasteiger partial charge in [-0.25, -0.2) is 8.78 Å². The molecule has 0 unspecified atom stereocenters. The lowest BCUT2D eigenvalue weighted by atomic mass is 10.1. The topological polar surface area (TPSA) is 101 Å². The van der Waals surface area contributed by atoms with Crippen LogP contribution in [0.3, 0.4) is 0 Å². The van der Waals surface area contributed by atoms with Crippen LogP contribution in [0.1, 0.15) is 53.0 Å². The van der Waals surface area contributed by atoms with Gasteiger partial charge in [0.05, 0.1) is 52.8 Å². The van der Waals surface area contributed by atoms with E-state index in [1.54, 1.807) is 30.5 Å². The van der Waals surface area contributed by atoms with Crippen LogP contribution >= 0.6 is 40.3 Å². The third-order valence-electron chi connectivity index (χ3n) is 7.09. The fraction of sp³-hybridized carbons (Fsp3) is 0.176. The number of aryl methyl sites for hydroxylation is 2. The summed E-state index contributed by atoms with van der Waals surface area (Å²) in [5, 5.41) is -3.84. The quantitative estimate of drug-likeness (QED) is 0.0622. The summed E-state index contributed by atoms with van der Waals surface area (Å²) in [6.45, 7) is 2.25. The zero-order valence-electron chi connectivity index (χ0n) is 26.3. The summed E-state index contributed by atoms with van der Waals surface area (Å²) in [5.74, 6) is -4.86. The zero-order valence-corrected chi connectivity index (χ0v) is 29.6. The van der Waals surface area contributed by atoms with Crippen LogP contribution in [0.25, 0.3) is 0 Å². The molecule has 0 N–H and O–H groups in total. The Labute approximate surface area is 304 Å². The molecular formula is C34H25BrF6N2O6S2. The van der Waals surface area contributed by atoms with Gasteiger partial charge in [-0.15, -0.1) is 12.6 Å². The summed E-state index contributed by atoms with van der Waals surface area (Å²) in [6, 6.07) is 15.3. The normalized spacial score (nSPS) is 14.6. The maximum absolute atomic E-state index is 14.0. The number of alkyl halides is 5. The molecule has 4 aromatic rings. The minimum atomic E-state index is -3.84. The highest BCUT2D eigenvalue weighted by Gasteiger charge is 2.40. The Morgan fingerprint density at radius 2 is 1.10 bits per heavy atom. The molecule has 0 saturated carbocycles. The number of allylic oxidation sites excluding steroid dienone is 1. The number of benzene rings is 2. The summed E-state index contributed by atoms with van der Waals surface area (Å²) < 4.78 is 89.7. The molecular weight excluding hydrogens is 790 g/mol. The van der Waals surface area contributed by atoms with Crippen molar-refractivity contribution in [1.29, 1.82) is 0 Å². The second-order valence-electron chi connectivity index (χ2n) is 10.5. The van der Waals surface area contributed by atoms with Gasteiger partial charge in [0.1, 0.15) is 11.5 Å². The summed E-state index contributed by atoms with van der Waals surface area (Å²) in [6.07, 6.45) is 3.90. The van der Waals surface area contributed by atoms with Crippen molar-refractivity contribution in [3.8, 4) is 0 Å². The first-order valence-corrected chi connectivity index (χ1v) is 16.5. The molecule has 0 fully saturated rings. The number of furan rings is 2. The van der Waals surface area contributed by atoms with E-state index in [-0.39, 0.29) is 44.7 Å². The minimum absolute atomic E-state index is 0.0000440. The number of thiol groups is 1. The van der Waals surface area contributed by atoms with Gasteiger partial charge >= 0.3 is 10.1 Å². The van der Waals surface area contributed by atoms with Crippen LogP contribution in [-0.4, -0.2) is 56.6 Å². The van der Waals surface area contributed by atoms with E-state index in [0.717, 1.165) is 15.6 Å². The van der Waals surface area contributed by atoms with Crippen LogP contribution in [0, 0.1) is 13.8 Å². The van der Waals surface area contributed by atoms with Gasteiger partial charge in [-0.1, -0.05) is 24.3 Å². The van der Waals surface area contributed by atoms with Crippen LogP contribution in [-0.2, 0) is 0 Å². The first kappa shape index (κ1) is 39.3. The molecule has 2 aliphatic heterocycles. The van der Waals surface area contributed by atoms with Crippen molar-refractivity contribution in [2.45, 2.75) is 33.7 Å². The van der Waals surface area contributed by atoms with E-state index in [1.807, 2.05) is 28.9 Å². The van der Waals surface area contributed by atoms with Gasteiger partial charge < -0.3 is 8.83 Å². The Morgan fingerprint density at radius 1 is 0.706 bits per heavy atom. The highest BCUT2D eigenvalue weighted by molar-refractivity contribution is 9.10. The Hall–Kier alpha value is -4.48. The van der Waals surface area contributed by atoms with Crippen LogP contribution in [0.5, 0.6) is 0 Å². The number of nitrogens with zero attached hydrogens (tertiary/aromatic N) is 2. The lowest BCUT2D eigenvalue weighted by Gasteiger charge is -2.15. The molecule has 4 amide bonds. The number of hydrogen-bond acceptors (Lipinski definition) is 8. The maximum Gasteiger partial charge on any atom is 0.351 e. The maximum atomic E-state index is 14.0. The number of amides is 4. The predicted molar refractivity (Wildman–Crippen MR) is 181 cm³/mol. The van der Waals surface area contributed by atoms with Gasteiger partial charge in [-0.2, -0.15) is 17.6 Å². The van der Waals surface area contributed by atoms with Crippen molar-refractivity contribution >= 4 is 63.9 Å². The molecule has 0 saturated heterocycles. The molecule has 51 heavy (non-hydrogen) atoms. The van der Waals surface area contributed by atoms with Gasteiger partial charge in [0.15, 0.2) is 11.7 Å². The fourth-order valence-corrected chi connectivity index (χ4v) is 5.48. The first-order valence-electron chi connectivity index (χ1n) is 14.5. The molecule has 2 aromatic carbocycles. The number of fused-ring (bicyclic) bond motifs is 2. The van der Waals surface area contributed by atoms with E-state index in [4.69, 9.17) is 8.83 Å². The molecule has 0 spiro atoms. The standard InChI is InChI=1S/C17H12F3NO3S.C12H7BrF3NO2.C5H6OS/c1-10-13(7-9-24-10)25-17(19,20)14(18)6-8-21-15(22)11-4-2-3-5-12(11)16(21)23;13-12(15,16)9(14)5-6-17-10(18)7-3-1-2-4-8(7)11(17)19;1-4-5(7)2-3-6-4/h2-7,9H,8H2,1H3;1-5H,6H2;2-3,7H,1H3/b14-6-;9-5-;. The summed E-state index contributed by atoms with van der Waals surface area (Å²) in [4.78, 5) is 46.5. The number of thioether (sulfide) groups is 1. The molecule has 2 aromatic heterocycles. The number of carbonyl (C=O) groups is 4. The van der Waals surface area contributed by atoms with E-state index in [9.17, 15) is 45.5 Å². The Bertz CT molecular complexity index is 1940. The number of halogens is 7. The molecule has 0 bridgehead atoms. The third kappa shape index (κ3) is 9.25. The Morgan fingerprint density at radius 3 is 1.41 bits per heavy atom. The Balaban J connectivity index is 0.000000197. The van der Waals surface area contributed by atoms with Gasteiger partial charge in [0.2, 0.25) is 0 Å². The lowest BCUT2D eigenvalue weighted by molar-refractivity contribution is 0.0652. The van der Waals surface area contributed by atoms with Crippen LogP contribution in [0.15, 0.2) is 116 Å². The average Bonchev–Trinajstić information content (AvgIpc) is 3.80. The monoisotopic (exact) mass is 814 g/mol. The molecule has 0 aliphatic carbocycles. The van der Waals surface area contributed by atoms with Crippen molar-refractivity contribution in [2.75, 3.05) is 13.1 Å². The molecule has 4 heterocycles. The summed E-state index contributed by atoms with van der Waals surface area (Å²) in [5.41, 5.74) is 0.728. The molecule has 0 atom stereocenters. The van der Waals surface area contributed by atoms with Gasteiger partial charge in [0.25, 0.3) is 23.6 Å². The molecule has 6 rings (SSSR count). The van der Waals surface area contributed by atoms with Gasteiger partial charge in [-0.05, 0) is 90.1 Å². The number of hydrogen-bond donors (Lipinski definition) is 1. The van der Waals surface area contributed by atoms with Crippen molar-refractivity contribution in [2.24, 2.45) is 0 Å². The third-order valence-corrected chi connectivity index (χ3v) is 9.03. The lowest BCUT2D eigenvalue weighted by Crippen LogP contribution is -2.30. The number of imide groups is 2. The van der Waals surface area contributed by atoms with Crippen molar-refractivity contribution in [1.82, 2.24) is 9.80 Å². The van der Waals surface area contributed by atoms with Gasteiger partial charge in [0, 0.05) is 4.90 Å². The van der Waals surface area contributed by atoms with Crippen LogP contribution in [0.4, 0.5) is 26.3 Å². The average molecular weight is 816 g/mol. The van der Waals surface area contributed by atoms with E-state index in [2.05, 4.69) is 12.6 Å². The fourth-order valence-electron chi connectivity index (χ4n) is 4.43. The molecule has 0 radical (unpaired) electrons. The Kier molecular flexibility index (Phi) is 12.5.